The molecule has 0 aliphatic heterocycles. The van der Waals surface area contributed by atoms with Crippen LogP contribution in [0, 0.1) is 0 Å². The maximum atomic E-state index is 12.8. The minimum atomic E-state index is -0.813. The molecule has 0 heterocycles. The number of allylic oxidation sites excluding steroid dienone is 16. The average molecular weight is 903 g/mol. The van der Waals surface area contributed by atoms with E-state index in [4.69, 9.17) is 14.2 Å². The highest BCUT2D eigenvalue weighted by Crippen LogP contribution is 2.13. The zero-order chi connectivity index (χ0) is 47.2. The molecule has 0 saturated heterocycles. The summed E-state index contributed by atoms with van der Waals surface area (Å²) >= 11 is 0. The molecule has 0 rings (SSSR count). The fraction of sp³-hybridized carbons (Fsp3) is 0.678. The van der Waals surface area contributed by atoms with Crippen molar-refractivity contribution in [1.82, 2.24) is 0 Å². The van der Waals surface area contributed by atoms with Gasteiger partial charge in [0.15, 0.2) is 6.10 Å². The molecule has 370 valence electrons. The van der Waals surface area contributed by atoms with Gasteiger partial charge < -0.3 is 14.2 Å². The molecule has 0 aliphatic rings. The van der Waals surface area contributed by atoms with Gasteiger partial charge in [0.25, 0.3) is 0 Å². The molecular formula is C59H98O6. The van der Waals surface area contributed by atoms with Crippen molar-refractivity contribution in [2.24, 2.45) is 0 Å². The quantitative estimate of drug-likeness (QED) is 0.0262. The van der Waals surface area contributed by atoms with Crippen LogP contribution in [0.5, 0.6) is 0 Å². The molecule has 65 heavy (non-hydrogen) atoms. The van der Waals surface area contributed by atoms with E-state index in [1.54, 1.807) is 0 Å². The van der Waals surface area contributed by atoms with E-state index in [-0.39, 0.29) is 37.5 Å². The molecule has 6 nitrogen and oxygen atoms in total. The van der Waals surface area contributed by atoms with Gasteiger partial charge in [-0.15, -0.1) is 0 Å². The molecule has 0 radical (unpaired) electrons. The predicted molar refractivity (Wildman–Crippen MR) is 279 cm³/mol. The van der Waals surface area contributed by atoms with E-state index in [1.165, 1.54) is 83.5 Å². The first kappa shape index (κ1) is 61.3. The highest BCUT2D eigenvalue weighted by Gasteiger charge is 2.19. The van der Waals surface area contributed by atoms with Crippen molar-refractivity contribution in [2.75, 3.05) is 13.2 Å². The second-order valence-electron chi connectivity index (χ2n) is 17.4. The lowest BCUT2D eigenvalue weighted by Gasteiger charge is -2.18. The van der Waals surface area contributed by atoms with Gasteiger partial charge in [0.1, 0.15) is 13.2 Å². The summed E-state index contributed by atoms with van der Waals surface area (Å²) in [5.41, 5.74) is 0. The molecule has 0 spiro atoms. The summed E-state index contributed by atoms with van der Waals surface area (Å²) in [5, 5.41) is 0. The third-order valence-corrected chi connectivity index (χ3v) is 11.0. The van der Waals surface area contributed by atoms with Crippen LogP contribution in [0.4, 0.5) is 0 Å². The van der Waals surface area contributed by atoms with Gasteiger partial charge in [-0.3, -0.25) is 14.4 Å². The van der Waals surface area contributed by atoms with Gasteiger partial charge in [0, 0.05) is 19.3 Å². The van der Waals surface area contributed by atoms with Gasteiger partial charge >= 0.3 is 17.9 Å². The first-order valence-electron chi connectivity index (χ1n) is 26.7. The molecule has 0 aliphatic carbocycles. The highest BCUT2D eigenvalue weighted by molar-refractivity contribution is 5.71. The second kappa shape index (κ2) is 52.9. The lowest BCUT2D eigenvalue weighted by Crippen LogP contribution is -2.30. The molecule has 1 atom stereocenters. The summed E-state index contributed by atoms with van der Waals surface area (Å²) in [6.07, 6.45) is 69.6. The number of hydrogen-bond donors (Lipinski definition) is 0. The lowest BCUT2D eigenvalue weighted by molar-refractivity contribution is -0.167. The number of rotatable bonds is 47. The molecule has 0 amide bonds. The van der Waals surface area contributed by atoms with Gasteiger partial charge in [-0.05, 0) is 116 Å². The lowest BCUT2D eigenvalue weighted by atomic mass is 10.1. The number of carbonyl (C=O) groups excluding carboxylic acids is 3. The van der Waals surface area contributed by atoms with Crippen molar-refractivity contribution in [1.29, 1.82) is 0 Å². The van der Waals surface area contributed by atoms with Gasteiger partial charge in [0.2, 0.25) is 0 Å². The van der Waals surface area contributed by atoms with Gasteiger partial charge in [-0.2, -0.15) is 0 Å². The third-order valence-electron chi connectivity index (χ3n) is 11.0. The van der Waals surface area contributed by atoms with E-state index >= 15 is 0 Å². The number of esters is 3. The topological polar surface area (TPSA) is 78.9 Å². The van der Waals surface area contributed by atoms with Crippen molar-refractivity contribution < 1.29 is 28.6 Å². The number of carbonyl (C=O) groups is 3. The first-order valence-corrected chi connectivity index (χ1v) is 26.7. The van der Waals surface area contributed by atoms with Crippen molar-refractivity contribution in [3.8, 4) is 0 Å². The summed E-state index contributed by atoms with van der Waals surface area (Å²) in [5.74, 6) is -0.996. The molecule has 6 heteroatoms. The summed E-state index contributed by atoms with van der Waals surface area (Å²) in [6, 6.07) is 0. The SMILES string of the molecule is CC/C=C\C/C=C\C/C=C\CCCCCCCCC(=O)OC(COC(=O)CCC/C=C\C/C=C\C/C=C\C/C=C\CCCCC)COC(=O)CCCCC/C=C\CCCCCCCCC. The molecule has 0 bridgehead atoms. The Bertz CT molecular complexity index is 1310. The smallest absolute Gasteiger partial charge is 0.306 e. The Kier molecular flexibility index (Phi) is 50.0. The molecular weight excluding hydrogens is 805 g/mol. The molecule has 0 N–H and O–H groups in total. The fourth-order valence-corrected chi connectivity index (χ4v) is 7.03. The Morgan fingerprint density at radius 1 is 0.323 bits per heavy atom. The van der Waals surface area contributed by atoms with Crippen LogP contribution in [0.3, 0.4) is 0 Å². The summed E-state index contributed by atoms with van der Waals surface area (Å²) in [7, 11) is 0. The van der Waals surface area contributed by atoms with E-state index in [0.29, 0.717) is 19.3 Å². The second-order valence-corrected chi connectivity index (χ2v) is 17.4. The molecule has 1 unspecified atom stereocenters. The zero-order valence-electron chi connectivity index (χ0n) is 42.2. The highest BCUT2D eigenvalue weighted by atomic mass is 16.6. The standard InChI is InChI=1S/C59H98O6/c1-4-7-10-13-16-19-22-25-28-30-32-34-37-40-43-46-49-52-58(61)64-55-56(54-63-57(60)51-48-45-42-39-36-33-27-24-21-18-15-12-9-6-3)65-59(62)53-50-47-44-41-38-35-31-29-26-23-20-17-14-11-8-5-2/h8,11,16-17,19-20,25-26,28-29,32-34,36,40,43,56H,4-7,9-10,12-15,18,21-24,27,30-31,35,37-39,41-42,44-55H2,1-3H3/b11-8-,19-16-,20-17-,28-25-,29-26-,34-32-,36-33-,43-40-. The van der Waals surface area contributed by atoms with Crippen LogP contribution in [0.1, 0.15) is 239 Å². The third kappa shape index (κ3) is 51.2. The number of unbranched alkanes of at least 4 members (excludes halogenated alkanes) is 20. The molecule has 0 aromatic rings. The Morgan fingerprint density at radius 3 is 1.06 bits per heavy atom. The van der Waals surface area contributed by atoms with Crippen LogP contribution in [0.15, 0.2) is 97.2 Å². The van der Waals surface area contributed by atoms with Crippen LogP contribution >= 0.6 is 0 Å². The predicted octanol–water partition coefficient (Wildman–Crippen LogP) is 17.8. The maximum Gasteiger partial charge on any atom is 0.306 e. The normalized spacial score (nSPS) is 12.8. The van der Waals surface area contributed by atoms with Crippen LogP contribution in [0.2, 0.25) is 0 Å². The van der Waals surface area contributed by atoms with Crippen LogP contribution < -0.4 is 0 Å². The van der Waals surface area contributed by atoms with Crippen LogP contribution in [-0.2, 0) is 28.6 Å². The monoisotopic (exact) mass is 903 g/mol. The number of ether oxygens (including phenoxy) is 3. The van der Waals surface area contributed by atoms with E-state index < -0.39 is 6.10 Å². The van der Waals surface area contributed by atoms with E-state index in [1.807, 2.05) is 0 Å². The summed E-state index contributed by atoms with van der Waals surface area (Å²) in [4.78, 5) is 38.0. The Balaban J connectivity index is 4.52. The maximum absolute atomic E-state index is 12.8. The average Bonchev–Trinajstić information content (AvgIpc) is 3.30. The molecule has 0 aromatic carbocycles. The molecule has 0 saturated carbocycles. The van der Waals surface area contributed by atoms with Crippen molar-refractivity contribution >= 4 is 17.9 Å². The van der Waals surface area contributed by atoms with Crippen molar-refractivity contribution in [3.05, 3.63) is 97.2 Å². The van der Waals surface area contributed by atoms with E-state index in [9.17, 15) is 14.4 Å². The number of hydrogen-bond acceptors (Lipinski definition) is 6. The summed E-state index contributed by atoms with van der Waals surface area (Å²) in [6.45, 7) is 6.42. The van der Waals surface area contributed by atoms with Gasteiger partial charge in [-0.25, -0.2) is 0 Å². The van der Waals surface area contributed by atoms with Crippen molar-refractivity contribution in [3.63, 3.8) is 0 Å². The van der Waals surface area contributed by atoms with Gasteiger partial charge in [-0.1, -0.05) is 201 Å². The minimum Gasteiger partial charge on any atom is -0.462 e. The Labute approximate surface area is 400 Å². The minimum absolute atomic E-state index is 0.109. The van der Waals surface area contributed by atoms with Crippen LogP contribution in [-0.4, -0.2) is 37.2 Å². The van der Waals surface area contributed by atoms with Crippen LogP contribution in [0.25, 0.3) is 0 Å². The largest absolute Gasteiger partial charge is 0.462 e. The van der Waals surface area contributed by atoms with E-state index in [0.717, 1.165) is 109 Å². The first-order chi connectivity index (χ1) is 32.0. The fourth-order valence-electron chi connectivity index (χ4n) is 7.03. The summed E-state index contributed by atoms with van der Waals surface area (Å²) < 4.78 is 16.7. The Hall–Kier alpha value is -3.67. The molecule has 0 aromatic heterocycles. The zero-order valence-corrected chi connectivity index (χ0v) is 42.2. The van der Waals surface area contributed by atoms with Crippen molar-refractivity contribution in [2.45, 2.75) is 245 Å². The Morgan fingerprint density at radius 2 is 0.615 bits per heavy atom. The molecule has 0 fully saturated rings. The van der Waals surface area contributed by atoms with Gasteiger partial charge in [0.05, 0.1) is 0 Å². The van der Waals surface area contributed by atoms with E-state index in [2.05, 4.69) is 118 Å².